The van der Waals surface area contributed by atoms with Crippen LogP contribution >= 0.6 is 0 Å². The van der Waals surface area contributed by atoms with Gasteiger partial charge in [-0.05, 0) is 43.7 Å². The van der Waals surface area contributed by atoms with Crippen LogP contribution in [0.1, 0.15) is 30.6 Å². The second-order valence-electron chi connectivity index (χ2n) is 4.57. The van der Waals surface area contributed by atoms with Gasteiger partial charge in [0.1, 0.15) is 17.0 Å². The maximum Gasteiger partial charge on any atom is 0.255 e. The molecule has 4 heteroatoms. The fourth-order valence-electron chi connectivity index (χ4n) is 2.24. The van der Waals surface area contributed by atoms with E-state index in [9.17, 15) is 9.18 Å². The maximum absolute atomic E-state index is 13.1. The van der Waals surface area contributed by atoms with Crippen molar-refractivity contribution >= 4 is 18.1 Å². The van der Waals surface area contributed by atoms with Gasteiger partial charge in [-0.15, -0.1) is 0 Å². The predicted molar refractivity (Wildman–Crippen MR) is 81.6 cm³/mol. The number of hydrogen-bond acceptors (Lipinski definition) is 2. The van der Waals surface area contributed by atoms with Crippen LogP contribution in [-0.4, -0.2) is 13.0 Å². The molecule has 2 rings (SSSR count). The molecule has 0 aliphatic rings. The summed E-state index contributed by atoms with van der Waals surface area (Å²) < 4.78 is 18.9. The Kier molecular flexibility index (Phi) is 4.58. The molecule has 0 fully saturated rings. The van der Waals surface area contributed by atoms with Crippen molar-refractivity contribution in [3.63, 3.8) is 0 Å². The summed E-state index contributed by atoms with van der Waals surface area (Å²) in [5.41, 5.74) is 1.81. The molecule has 0 saturated heterocycles. The lowest BCUT2D eigenvalue weighted by molar-refractivity contribution is 0.0962. The lowest BCUT2D eigenvalue weighted by atomic mass is 10.1. The number of amides is 1. The van der Waals surface area contributed by atoms with Gasteiger partial charge in [0.15, 0.2) is 0 Å². The molecular formula is C17H18FNO2. The van der Waals surface area contributed by atoms with Crippen LogP contribution in [0.2, 0.25) is 0 Å². The fraction of sp³-hybridized carbons (Fsp3) is 0.235. The van der Waals surface area contributed by atoms with E-state index in [-0.39, 0.29) is 11.7 Å². The summed E-state index contributed by atoms with van der Waals surface area (Å²) in [6.07, 6.45) is 4.56. The molecule has 110 valence electrons. The van der Waals surface area contributed by atoms with Crippen LogP contribution in [-0.2, 0) is 0 Å². The highest BCUT2D eigenvalue weighted by atomic mass is 19.1. The van der Waals surface area contributed by atoms with Gasteiger partial charge in [-0.1, -0.05) is 13.0 Å². The molecule has 1 aromatic carbocycles. The third-order valence-corrected chi connectivity index (χ3v) is 3.20. The van der Waals surface area contributed by atoms with E-state index in [0.29, 0.717) is 22.3 Å². The van der Waals surface area contributed by atoms with Gasteiger partial charge < -0.3 is 9.73 Å². The second kappa shape index (κ2) is 6.39. The molecule has 0 radical (unpaired) electrons. The topological polar surface area (TPSA) is 42.2 Å². The Balaban J connectivity index is 2.80. The minimum absolute atomic E-state index is 0.217. The molecule has 3 nitrogen and oxygen atoms in total. The normalized spacial score (nSPS) is 12.8. The van der Waals surface area contributed by atoms with Gasteiger partial charge in [-0.3, -0.25) is 4.79 Å². The Morgan fingerprint density at radius 1 is 1.33 bits per heavy atom. The van der Waals surface area contributed by atoms with Crippen molar-refractivity contribution in [1.82, 2.24) is 5.32 Å². The highest BCUT2D eigenvalue weighted by Gasteiger charge is 2.19. The van der Waals surface area contributed by atoms with E-state index in [1.807, 2.05) is 26.0 Å². The molecule has 1 aromatic heterocycles. The molecule has 0 bridgehead atoms. The molecule has 2 aromatic rings. The van der Waals surface area contributed by atoms with Gasteiger partial charge in [-0.25, -0.2) is 4.39 Å². The molecule has 0 unspecified atom stereocenters. The smallest absolute Gasteiger partial charge is 0.255 e. The molecule has 1 amide bonds. The summed E-state index contributed by atoms with van der Waals surface area (Å²) in [5.74, 6) is -0.0811. The van der Waals surface area contributed by atoms with E-state index in [0.717, 1.165) is 11.6 Å². The zero-order chi connectivity index (χ0) is 15.4. The largest absolute Gasteiger partial charge is 0.456 e. The van der Waals surface area contributed by atoms with Crippen molar-refractivity contribution < 1.29 is 13.6 Å². The standard InChI is InChI=1S/C17H18FNO2/c1-4-6-13-14(5-2)21-16(15(13)17(20)19-3)11-7-9-12(18)10-8-11/h5-10H,4H2,1-3H3,(H,19,20). The molecule has 1 heterocycles. The SMILES string of the molecule is CC=c1oc(-c2ccc(F)cc2)c(C(=O)NC)c1=CCC. The first-order valence-corrected chi connectivity index (χ1v) is 6.89. The summed E-state index contributed by atoms with van der Waals surface area (Å²) in [7, 11) is 1.58. The molecule has 0 saturated carbocycles. The molecule has 1 N–H and O–H groups in total. The van der Waals surface area contributed by atoms with E-state index in [4.69, 9.17) is 4.42 Å². The van der Waals surface area contributed by atoms with Crippen LogP contribution in [0.5, 0.6) is 0 Å². The zero-order valence-electron chi connectivity index (χ0n) is 12.4. The Morgan fingerprint density at radius 2 is 2.00 bits per heavy atom. The summed E-state index contributed by atoms with van der Waals surface area (Å²) in [6, 6.07) is 5.92. The molecule has 0 spiro atoms. The van der Waals surface area contributed by atoms with Crippen LogP contribution in [0, 0.1) is 5.82 Å². The Bertz CT molecular complexity index is 757. The van der Waals surface area contributed by atoms with Crippen molar-refractivity contribution in [1.29, 1.82) is 0 Å². The Morgan fingerprint density at radius 3 is 2.52 bits per heavy atom. The van der Waals surface area contributed by atoms with E-state index in [2.05, 4.69) is 5.32 Å². The number of halogens is 1. The van der Waals surface area contributed by atoms with Crippen molar-refractivity contribution in [3.8, 4) is 11.3 Å². The van der Waals surface area contributed by atoms with Crippen LogP contribution in [0.15, 0.2) is 28.7 Å². The van der Waals surface area contributed by atoms with Gasteiger partial charge >= 0.3 is 0 Å². The van der Waals surface area contributed by atoms with Crippen LogP contribution < -0.4 is 16.0 Å². The van der Waals surface area contributed by atoms with Crippen molar-refractivity contribution in [2.45, 2.75) is 20.3 Å². The minimum Gasteiger partial charge on any atom is -0.456 e. The third kappa shape index (κ3) is 2.89. The highest BCUT2D eigenvalue weighted by molar-refractivity contribution is 5.99. The van der Waals surface area contributed by atoms with Gasteiger partial charge in [-0.2, -0.15) is 0 Å². The average Bonchev–Trinajstić information content (AvgIpc) is 2.86. The fourth-order valence-corrected chi connectivity index (χ4v) is 2.24. The lowest BCUT2D eigenvalue weighted by Crippen LogP contribution is -2.30. The summed E-state index contributed by atoms with van der Waals surface area (Å²) >= 11 is 0. The molecular weight excluding hydrogens is 269 g/mol. The van der Waals surface area contributed by atoms with Gasteiger partial charge in [0.25, 0.3) is 5.91 Å². The average molecular weight is 287 g/mol. The van der Waals surface area contributed by atoms with Crippen LogP contribution in [0.25, 0.3) is 23.5 Å². The number of furan rings is 1. The minimum atomic E-state index is -0.325. The number of nitrogens with one attached hydrogen (secondary N) is 1. The molecule has 0 atom stereocenters. The first-order valence-electron chi connectivity index (χ1n) is 6.89. The van der Waals surface area contributed by atoms with E-state index in [1.165, 1.54) is 12.1 Å². The first-order chi connectivity index (χ1) is 10.1. The second-order valence-corrected chi connectivity index (χ2v) is 4.57. The van der Waals surface area contributed by atoms with E-state index < -0.39 is 0 Å². The molecule has 0 aliphatic heterocycles. The zero-order valence-corrected chi connectivity index (χ0v) is 12.4. The van der Waals surface area contributed by atoms with Crippen molar-refractivity contribution in [3.05, 3.63) is 46.3 Å². The van der Waals surface area contributed by atoms with E-state index >= 15 is 0 Å². The van der Waals surface area contributed by atoms with Gasteiger partial charge in [0.2, 0.25) is 0 Å². The van der Waals surface area contributed by atoms with Crippen molar-refractivity contribution in [2.75, 3.05) is 7.05 Å². The number of benzene rings is 1. The van der Waals surface area contributed by atoms with Gasteiger partial charge in [0, 0.05) is 17.8 Å². The monoisotopic (exact) mass is 287 g/mol. The predicted octanol–water partition coefficient (Wildman–Crippen LogP) is 2.44. The maximum atomic E-state index is 13.1. The Hall–Kier alpha value is -2.36. The van der Waals surface area contributed by atoms with Crippen LogP contribution in [0.3, 0.4) is 0 Å². The van der Waals surface area contributed by atoms with Crippen LogP contribution in [0.4, 0.5) is 4.39 Å². The number of carbonyl (C=O) groups is 1. The summed E-state index contributed by atoms with van der Waals surface area (Å²) in [5, 5.41) is 3.41. The first kappa shape index (κ1) is 15.0. The number of carbonyl (C=O) groups excluding carboxylic acids is 1. The summed E-state index contributed by atoms with van der Waals surface area (Å²) in [4.78, 5) is 12.2. The highest BCUT2D eigenvalue weighted by Crippen LogP contribution is 2.21. The molecule has 21 heavy (non-hydrogen) atoms. The number of rotatable bonds is 3. The van der Waals surface area contributed by atoms with E-state index in [1.54, 1.807) is 19.2 Å². The Labute approximate surface area is 122 Å². The third-order valence-electron chi connectivity index (χ3n) is 3.20. The van der Waals surface area contributed by atoms with Gasteiger partial charge in [0.05, 0.1) is 5.56 Å². The molecule has 0 aliphatic carbocycles. The van der Waals surface area contributed by atoms with Crippen molar-refractivity contribution in [2.24, 2.45) is 0 Å². The number of hydrogen-bond donors (Lipinski definition) is 1. The summed E-state index contributed by atoms with van der Waals surface area (Å²) in [6.45, 7) is 3.85. The lowest BCUT2D eigenvalue weighted by Gasteiger charge is -2.02. The quantitative estimate of drug-likeness (QED) is 0.942.